The Hall–Kier alpha value is -5.03. The van der Waals surface area contributed by atoms with Gasteiger partial charge in [-0.2, -0.15) is 0 Å². The smallest absolute Gasteiger partial charge is 0.410 e. The Balaban J connectivity index is 1.35. The number of carbonyl (C=O) groups is 4. The third-order valence-corrected chi connectivity index (χ3v) is 10.3. The van der Waals surface area contributed by atoms with E-state index in [4.69, 9.17) is 9.47 Å². The molecule has 2 saturated heterocycles. The normalized spacial score (nSPS) is 23.4. The Kier molecular flexibility index (Phi) is 10.2. The molecule has 2 aromatic carbocycles. The second-order valence-corrected chi connectivity index (χ2v) is 13.7. The van der Waals surface area contributed by atoms with Crippen molar-refractivity contribution in [2.45, 2.75) is 56.9 Å². The quantitative estimate of drug-likeness (QED) is 0.156. The number of benzene rings is 2. The summed E-state index contributed by atoms with van der Waals surface area (Å²) in [6.45, 7) is 3.04. The number of non-ortho nitro benzene ring substituents is 2. The van der Waals surface area contributed by atoms with Gasteiger partial charge in [0, 0.05) is 61.0 Å². The lowest BCUT2D eigenvalue weighted by Gasteiger charge is -2.46. The van der Waals surface area contributed by atoms with Crippen molar-refractivity contribution >= 4 is 47.0 Å². The maximum absolute atomic E-state index is 13.6. The Labute approximate surface area is 284 Å². The predicted octanol–water partition coefficient (Wildman–Crippen LogP) is 3.22. The van der Waals surface area contributed by atoms with Crippen LogP contribution in [-0.4, -0.2) is 97.6 Å². The third-order valence-electron chi connectivity index (χ3n) is 8.85. The van der Waals surface area contributed by atoms with Crippen molar-refractivity contribution in [2.24, 2.45) is 11.8 Å². The van der Waals surface area contributed by atoms with E-state index in [-0.39, 0.29) is 55.1 Å². The van der Waals surface area contributed by atoms with Crippen LogP contribution in [0.3, 0.4) is 0 Å². The number of likely N-dealkylation sites (tertiary alicyclic amines) is 1. The number of carbonyl (C=O) groups excluding carboxylic acids is 4. The van der Waals surface area contributed by atoms with Crippen molar-refractivity contribution in [2.75, 3.05) is 20.6 Å². The summed E-state index contributed by atoms with van der Waals surface area (Å²) in [5.41, 5.74) is 0.814. The van der Waals surface area contributed by atoms with Crippen LogP contribution in [0.25, 0.3) is 0 Å². The molecule has 3 aliphatic rings. The topological polar surface area (TPSA) is 203 Å². The molecular weight excluding hydrogens is 662 g/mol. The molecule has 0 radical (unpaired) electrons. The minimum absolute atomic E-state index is 0.0287. The van der Waals surface area contributed by atoms with Gasteiger partial charge in [-0.1, -0.05) is 6.92 Å². The number of aliphatic hydroxyl groups excluding tert-OH is 1. The fraction of sp³-hybridized carbons (Fsp3) is 0.438. The van der Waals surface area contributed by atoms with E-state index in [1.807, 2.05) is 6.92 Å². The molecule has 17 heteroatoms. The van der Waals surface area contributed by atoms with Crippen LogP contribution in [0.4, 0.5) is 16.2 Å². The number of ether oxygens (including phenoxy) is 2. The Morgan fingerprint density at radius 3 is 2.00 bits per heavy atom. The number of fused-ring (bicyclic) bond motifs is 1. The largest absolute Gasteiger partial charge is 0.456 e. The highest BCUT2D eigenvalue weighted by atomic mass is 32.2. The summed E-state index contributed by atoms with van der Waals surface area (Å²) < 4.78 is 11.1. The minimum Gasteiger partial charge on any atom is -0.456 e. The Bertz CT molecular complexity index is 1700. The first-order valence-electron chi connectivity index (χ1n) is 15.4. The van der Waals surface area contributed by atoms with Gasteiger partial charge in [0.1, 0.15) is 25.0 Å². The fourth-order valence-electron chi connectivity index (χ4n) is 6.34. The van der Waals surface area contributed by atoms with Crippen molar-refractivity contribution in [3.63, 3.8) is 0 Å². The molecule has 16 nitrogen and oxygen atoms in total. The zero-order valence-corrected chi connectivity index (χ0v) is 27.9. The highest BCUT2D eigenvalue weighted by molar-refractivity contribution is 8.03. The van der Waals surface area contributed by atoms with E-state index in [0.29, 0.717) is 16.0 Å². The minimum atomic E-state index is -0.965. The third kappa shape index (κ3) is 7.07. The van der Waals surface area contributed by atoms with Crippen molar-refractivity contribution in [1.29, 1.82) is 0 Å². The van der Waals surface area contributed by atoms with Crippen LogP contribution in [0, 0.1) is 32.1 Å². The Morgan fingerprint density at radius 1 is 0.980 bits per heavy atom. The van der Waals surface area contributed by atoms with Crippen molar-refractivity contribution in [3.05, 3.63) is 90.5 Å². The highest BCUT2D eigenvalue weighted by Crippen LogP contribution is 2.52. The number of hydrogen-bond acceptors (Lipinski definition) is 12. The summed E-state index contributed by atoms with van der Waals surface area (Å²) in [5, 5.41) is 31.9. The van der Waals surface area contributed by atoms with Gasteiger partial charge in [-0.15, -0.1) is 11.8 Å². The number of nitro groups is 2. The lowest BCUT2D eigenvalue weighted by molar-refractivity contribution is -0.385. The maximum atomic E-state index is 13.6. The summed E-state index contributed by atoms with van der Waals surface area (Å²) in [7, 11) is 3.13. The Morgan fingerprint density at radius 2 is 1.51 bits per heavy atom. The second-order valence-electron chi connectivity index (χ2n) is 12.3. The summed E-state index contributed by atoms with van der Waals surface area (Å²) in [6, 6.07) is 9.66. The van der Waals surface area contributed by atoms with Gasteiger partial charge in [-0.05, 0) is 48.7 Å². The van der Waals surface area contributed by atoms with E-state index in [9.17, 15) is 44.5 Å². The van der Waals surface area contributed by atoms with Crippen molar-refractivity contribution in [1.82, 2.24) is 14.7 Å². The number of esters is 1. The number of rotatable bonds is 11. The molecule has 260 valence electrons. The molecule has 6 atom stereocenters. The maximum Gasteiger partial charge on any atom is 0.410 e. The zero-order valence-electron chi connectivity index (χ0n) is 27.1. The average Bonchev–Trinajstić information content (AvgIpc) is 3.59. The second kappa shape index (κ2) is 14.2. The first-order chi connectivity index (χ1) is 23.2. The lowest BCUT2D eigenvalue weighted by atomic mass is 9.79. The number of thioether (sulfide) groups is 1. The molecule has 2 aromatic rings. The van der Waals surface area contributed by atoms with Gasteiger partial charge in [-0.3, -0.25) is 34.7 Å². The molecule has 1 N–H and O–H groups in total. The number of aliphatic hydroxyl groups is 1. The van der Waals surface area contributed by atoms with E-state index in [1.54, 1.807) is 14.1 Å². The number of nitrogens with zero attached hydrogens (tertiary/aromatic N) is 5. The van der Waals surface area contributed by atoms with Crippen LogP contribution < -0.4 is 0 Å². The van der Waals surface area contributed by atoms with E-state index in [0.717, 1.165) is 0 Å². The molecule has 3 heterocycles. The van der Waals surface area contributed by atoms with E-state index in [1.165, 1.54) is 81.9 Å². The first-order valence-corrected chi connectivity index (χ1v) is 16.3. The monoisotopic (exact) mass is 697 g/mol. The van der Waals surface area contributed by atoms with Gasteiger partial charge in [0.25, 0.3) is 11.4 Å². The number of hydrogen-bond donors (Lipinski definition) is 1. The molecule has 0 spiro atoms. The molecule has 5 unspecified atom stereocenters. The molecular formula is C32H35N5O11S. The lowest BCUT2D eigenvalue weighted by Crippen LogP contribution is -2.63. The molecule has 5 rings (SSSR count). The van der Waals surface area contributed by atoms with Crippen LogP contribution in [0.15, 0.2) is 59.1 Å². The summed E-state index contributed by atoms with van der Waals surface area (Å²) in [5.74, 6) is -2.66. The number of nitro benzene ring substituents is 2. The number of β-lactam (4-membered cyclic amide) rings is 1. The van der Waals surface area contributed by atoms with Crippen molar-refractivity contribution < 1.29 is 43.6 Å². The van der Waals surface area contributed by atoms with Gasteiger partial charge >= 0.3 is 12.1 Å². The van der Waals surface area contributed by atoms with Gasteiger partial charge in [-0.25, -0.2) is 9.59 Å². The van der Waals surface area contributed by atoms with Gasteiger partial charge in [0.15, 0.2) is 0 Å². The average molecular weight is 698 g/mol. The van der Waals surface area contributed by atoms with Gasteiger partial charge in [0.2, 0.25) is 11.8 Å². The first kappa shape index (κ1) is 35.3. The molecule has 0 aromatic heterocycles. The van der Waals surface area contributed by atoms with Crippen LogP contribution >= 0.6 is 11.8 Å². The van der Waals surface area contributed by atoms with Crippen LogP contribution in [0.5, 0.6) is 0 Å². The van der Waals surface area contributed by atoms with Gasteiger partial charge in [0.05, 0.1) is 27.9 Å². The molecule has 3 aliphatic heterocycles. The summed E-state index contributed by atoms with van der Waals surface area (Å²) in [4.78, 5) is 78.8. The van der Waals surface area contributed by atoms with E-state index in [2.05, 4.69) is 0 Å². The van der Waals surface area contributed by atoms with E-state index >= 15 is 0 Å². The van der Waals surface area contributed by atoms with Crippen LogP contribution in [0.2, 0.25) is 0 Å². The standard InChI is InChI=1S/C32H35N5O11S/c1-17-26-25(18(2)38)30(40)35(26)27(31(41)47-15-19-5-9-21(10-6-19)36(43)44)28(17)49-23-13-24(29(39)33(3)4)34(14-23)32(42)48-16-20-7-11-22(12-8-20)37(45)46/h5-12,17-18,23-26,38H,13-16H2,1-4H3/t17?,18?,23?,24?,25?,26-/m1/s1. The van der Waals surface area contributed by atoms with E-state index < -0.39 is 57.2 Å². The number of amides is 3. The molecule has 0 bridgehead atoms. The molecule has 49 heavy (non-hydrogen) atoms. The van der Waals surface area contributed by atoms with Crippen LogP contribution in [0.1, 0.15) is 31.4 Å². The zero-order chi connectivity index (χ0) is 35.7. The molecule has 0 saturated carbocycles. The molecule has 3 amide bonds. The summed E-state index contributed by atoms with van der Waals surface area (Å²) >= 11 is 1.27. The molecule has 2 fully saturated rings. The highest BCUT2D eigenvalue weighted by Gasteiger charge is 2.60. The SMILES string of the molecule is CC(O)C1C(=O)N2C(C(=O)OCc3ccc([N+](=O)[O-])cc3)=C(SC3CC(C(=O)N(C)C)N(C(=O)OCc4ccc([N+](=O)[O-])cc4)C3)C(C)[C@H]12. The number of likely N-dealkylation sites (N-methyl/N-ethyl adjacent to an activating group) is 1. The van der Waals surface area contributed by atoms with Gasteiger partial charge < -0.3 is 24.4 Å². The predicted molar refractivity (Wildman–Crippen MR) is 173 cm³/mol. The molecule has 0 aliphatic carbocycles. The fourth-order valence-corrected chi connectivity index (χ4v) is 7.86. The van der Waals surface area contributed by atoms with Crippen molar-refractivity contribution in [3.8, 4) is 0 Å². The summed E-state index contributed by atoms with van der Waals surface area (Å²) in [6.07, 6.45) is -1.51. The van der Waals surface area contributed by atoms with Crippen LogP contribution in [-0.2, 0) is 37.1 Å².